The largest absolute Gasteiger partial charge is 0.383 e. The van der Waals surface area contributed by atoms with Gasteiger partial charge in [0.1, 0.15) is 0 Å². The van der Waals surface area contributed by atoms with E-state index in [-0.39, 0.29) is 0 Å². The Morgan fingerprint density at radius 1 is 1.37 bits per heavy atom. The molecule has 0 radical (unpaired) electrons. The van der Waals surface area contributed by atoms with Gasteiger partial charge in [-0.3, -0.25) is 5.43 Å². The van der Waals surface area contributed by atoms with Crippen LogP contribution in [0.5, 0.6) is 0 Å². The van der Waals surface area contributed by atoms with Gasteiger partial charge in [-0.05, 0) is 38.2 Å². The molecule has 0 bridgehead atoms. The molecule has 1 N–H and O–H groups in total. The Kier molecular flexibility index (Phi) is 5.83. The second kappa shape index (κ2) is 7.63. The van der Waals surface area contributed by atoms with Gasteiger partial charge in [-0.25, -0.2) is 5.01 Å². The van der Waals surface area contributed by atoms with Crippen LogP contribution in [-0.2, 0) is 11.2 Å². The van der Waals surface area contributed by atoms with Crippen molar-refractivity contribution in [3.63, 3.8) is 0 Å². The first-order valence-electron chi connectivity index (χ1n) is 7.35. The smallest absolute Gasteiger partial charge is 0.0632 e. The van der Waals surface area contributed by atoms with Gasteiger partial charge < -0.3 is 4.74 Å². The molecule has 3 heteroatoms. The zero-order valence-electron chi connectivity index (χ0n) is 12.1. The lowest BCUT2D eigenvalue weighted by molar-refractivity contribution is 0.0720. The van der Waals surface area contributed by atoms with Gasteiger partial charge in [-0.1, -0.05) is 30.3 Å². The molecule has 106 valence electrons. The molecule has 0 spiro atoms. The molecule has 19 heavy (non-hydrogen) atoms. The first kappa shape index (κ1) is 14.5. The molecule has 0 saturated carbocycles. The average molecular weight is 262 g/mol. The molecule has 0 unspecified atom stereocenters. The van der Waals surface area contributed by atoms with Gasteiger partial charge in [0.2, 0.25) is 0 Å². The Bertz CT molecular complexity index is 355. The zero-order valence-corrected chi connectivity index (χ0v) is 12.1. The standard InChI is InChI=1S/C16H26N2O/c1-14(10-11-15-7-4-3-5-8-15)17-18-12-6-9-16(18)13-19-2/h3-5,7-8,14,16-17H,6,9-13H2,1-2H3/t14-,16+/m1/s1. The molecule has 0 aromatic heterocycles. The summed E-state index contributed by atoms with van der Waals surface area (Å²) in [4.78, 5) is 0. The Hall–Kier alpha value is -0.900. The summed E-state index contributed by atoms with van der Waals surface area (Å²) < 4.78 is 5.29. The van der Waals surface area contributed by atoms with Gasteiger partial charge >= 0.3 is 0 Å². The van der Waals surface area contributed by atoms with Gasteiger partial charge in [0, 0.05) is 25.7 Å². The minimum absolute atomic E-state index is 0.512. The molecule has 1 aliphatic heterocycles. The van der Waals surface area contributed by atoms with Gasteiger partial charge in [-0.2, -0.15) is 0 Å². The van der Waals surface area contributed by atoms with Crippen LogP contribution in [0.15, 0.2) is 30.3 Å². The second-order valence-electron chi connectivity index (χ2n) is 5.50. The predicted molar refractivity (Wildman–Crippen MR) is 79.0 cm³/mol. The lowest BCUT2D eigenvalue weighted by atomic mass is 10.1. The molecule has 1 saturated heterocycles. The van der Waals surface area contributed by atoms with Gasteiger partial charge in [0.25, 0.3) is 0 Å². The van der Waals surface area contributed by atoms with Crippen LogP contribution in [0.2, 0.25) is 0 Å². The van der Waals surface area contributed by atoms with Crippen molar-refractivity contribution in [2.45, 2.75) is 44.7 Å². The van der Waals surface area contributed by atoms with Crippen molar-refractivity contribution in [1.29, 1.82) is 0 Å². The fourth-order valence-corrected chi connectivity index (χ4v) is 2.75. The van der Waals surface area contributed by atoms with E-state index in [4.69, 9.17) is 4.74 Å². The molecule has 2 rings (SSSR count). The fraction of sp³-hybridized carbons (Fsp3) is 0.625. The van der Waals surface area contributed by atoms with Crippen LogP contribution in [0.3, 0.4) is 0 Å². The van der Waals surface area contributed by atoms with Crippen molar-refractivity contribution in [3.05, 3.63) is 35.9 Å². The summed E-state index contributed by atoms with van der Waals surface area (Å²) in [5, 5.41) is 2.37. The molecular formula is C16H26N2O. The van der Waals surface area contributed by atoms with Crippen molar-refractivity contribution < 1.29 is 4.74 Å². The maximum atomic E-state index is 5.29. The summed E-state index contributed by atoms with van der Waals surface area (Å²) in [6.45, 7) is 4.24. The van der Waals surface area contributed by atoms with Crippen molar-refractivity contribution in [3.8, 4) is 0 Å². The van der Waals surface area contributed by atoms with Gasteiger partial charge in [0.15, 0.2) is 0 Å². The highest BCUT2D eigenvalue weighted by atomic mass is 16.5. The number of aryl methyl sites for hydroxylation is 1. The van der Waals surface area contributed by atoms with E-state index in [2.05, 4.69) is 47.7 Å². The number of ether oxygens (including phenoxy) is 1. The van der Waals surface area contributed by atoms with Crippen LogP contribution in [0.25, 0.3) is 0 Å². The van der Waals surface area contributed by atoms with E-state index < -0.39 is 0 Å². The van der Waals surface area contributed by atoms with Crippen molar-refractivity contribution in [2.75, 3.05) is 20.3 Å². The second-order valence-corrected chi connectivity index (χ2v) is 5.50. The Morgan fingerprint density at radius 3 is 2.89 bits per heavy atom. The number of rotatable bonds is 7. The van der Waals surface area contributed by atoms with E-state index in [1.54, 1.807) is 7.11 Å². The fourth-order valence-electron chi connectivity index (χ4n) is 2.75. The predicted octanol–water partition coefficient (Wildman–Crippen LogP) is 2.62. The lowest BCUT2D eigenvalue weighted by Gasteiger charge is -2.28. The first-order valence-corrected chi connectivity index (χ1v) is 7.35. The highest BCUT2D eigenvalue weighted by Gasteiger charge is 2.25. The summed E-state index contributed by atoms with van der Waals surface area (Å²) in [6, 6.07) is 11.8. The number of benzene rings is 1. The molecule has 1 heterocycles. The van der Waals surface area contributed by atoms with Crippen LogP contribution in [0.4, 0.5) is 0 Å². The van der Waals surface area contributed by atoms with Gasteiger partial charge in [0.05, 0.1) is 6.61 Å². The maximum Gasteiger partial charge on any atom is 0.0632 e. The monoisotopic (exact) mass is 262 g/mol. The number of nitrogens with one attached hydrogen (secondary N) is 1. The van der Waals surface area contributed by atoms with Crippen molar-refractivity contribution >= 4 is 0 Å². The summed E-state index contributed by atoms with van der Waals surface area (Å²) in [5.41, 5.74) is 5.06. The highest BCUT2D eigenvalue weighted by molar-refractivity contribution is 5.14. The van der Waals surface area contributed by atoms with Crippen LogP contribution in [0, 0.1) is 0 Å². The van der Waals surface area contributed by atoms with E-state index in [1.807, 2.05) is 0 Å². The summed E-state index contributed by atoms with van der Waals surface area (Å²) >= 11 is 0. The minimum Gasteiger partial charge on any atom is -0.383 e. The number of nitrogens with zero attached hydrogens (tertiary/aromatic N) is 1. The Balaban J connectivity index is 1.73. The molecule has 1 fully saturated rings. The summed E-state index contributed by atoms with van der Waals surface area (Å²) in [6.07, 6.45) is 4.82. The van der Waals surface area contributed by atoms with E-state index in [9.17, 15) is 0 Å². The van der Waals surface area contributed by atoms with Crippen LogP contribution >= 0.6 is 0 Å². The average Bonchev–Trinajstić information content (AvgIpc) is 2.85. The minimum atomic E-state index is 0.512. The molecule has 0 aliphatic carbocycles. The molecule has 0 amide bonds. The maximum absolute atomic E-state index is 5.29. The van der Waals surface area contributed by atoms with Gasteiger partial charge in [-0.15, -0.1) is 0 Å². The third kappa shape index (κ3) is 4.60. The Labute approximate surface area is 116 Å². The number of methoxy groups -OCH3 is 1. The van der Waals surface area contributed by atoms with E-state index in [0.717, 1.165) is 19.6 Å². The molecule has 1 aromatic rings. The third-order valence-electron chi connectivity index (χ3n) is 3.83. The molecule has 1 aliphatic rings. The van der Waals surface area contributed by atoms with E-state index >= 15 is 0 Å². The molecular weight excluding hydrogens is 236 g/mol. The van der Waals surface area contributed by atoms with Crippen molar-refractivity contribution in [2.24, 2.45) is 0 Å². The van der Waals surface area contributed by atoms with Crippen LogP contribution in [0.1, 0.15) is 31.7 Å². The van der Waals surface area contributed by atoms with E-state index in [0.29, 0.717) is 12.1 Å². The first-order chi connectivity index (χ1) is 9.29. The quantitative estimate of drug-likeness (QED) is 0.817. The summed E-state index contributed by atoms with van der Waals surface area (Å²) in [7, 11) is 1.79. The molecule has 3 nitrogen and oxygen atoms in total. The van der Waals surface area contributed by atoms with Crippen molar-refractivity contribution in [1.82, 2.24) is 10.4 Å². The number of hydrogen-bond donors (Lipinski definition) is 1. The topological polar surface area (TPSA) is 24.5 Å². The number of hydrazine groups is 1. The Morgan fingerprint density at radius 2 is 2.16 bits per heavy atom. The zero-order chi connectivity index (χ0) is 13.5. The summed E-state index contributed by atoms with van der Waals surface area (Å²) in [5.74, 6) is 0. The van der Waals surface area contributed by atoms with Crippen LogP contribution < -0.4 is 5.43 Å². The SMILES string of the molecule is COC[C@@H]1CCCN1N[C@H](C)CCc1ccccc1. The highest BCUT2D eigenvalue weighted by Crippen LogP contribution is 2.16. The normalized spacial score (nSPS) is 21.7. The third-order valence-corrected chi connectivity index (χ3v) is 3.83. The van der Waals surface area contributed by atoms with E-state index in [1.165, 1.54) is 24.8 Å². The number of hydrogen-bond acceptors (Lipinski definition) is 3. The van der Waals surface area contributed by atoms with Crippen LogP contribution in [-0.4, -0.2) is 37.4 Å². The molecule has 1 aromatic carbocycles. The lowest BCUT2D eigenvalue weighted by Crippen LogP contribution is -2.47. The molecule has 2 atom stereocenters.